The Labute approximate surface area is 124 Å². The van der Waals surface area contributed by atoms with Gasteiger partial charge >= 0.3 is 59.1 Å². The summed E-state index contributed by atoms with van der Waals surface area (Å²) in [5.41, 5.74) is -2.25. The molecule has 0 aromatic heterocycles. The molecule has 0 aromatic carbocycles. The van der Waals surface area contributed by atoms with E-state index in [0.717, 1.165) is 7.05 Å². The van der Waals surface area contributed by atoms with Gasteiger partial charge in [-0.3, -0.25) is 4.79 Å². The van der Waals surface area contributed by atoms with E-state index in [1.54, 1.807) is 0 Å². The number of amides is 1. The zero-order valence-electron chi connectivity index (χ0n) is 8.20. The quantitative estimate of drug-likeness (QED) is 0.259. The van der Waals surface area contributed by atoms with Crippen molar-refractivity contribution in [1.29, 1.82) is 0 Å². The van der Waals surface area contributed by atoms with Crippen LogP contribution in [0.4, 0.5) is 0 Å². The minimum Gasteiger partial charge on any atom is -0.547 e. The Morgan fingerprint density at radius 2 is 1.64 bits per heavy atom. The first kappa shape index (κ1) is 16.8. The van der Waals surface area contributed by atoms with Crippen LogP contribution >= 0.6 is 0 Å². The van der Waals surface area contributed by atoms with Gasteiger partial charge in [0.15, 0.2) is 0 Å². The Morgan fingerprint density at radius 1 is 1.29 bits per heavy atom. The van der Waals surface area contributed by atoms with Gasteiger partial charge in [-0.15, -0.1) is 0 Å². The molecule has 0 saturated carbocycles. The second-order valence-electron chi connectivity index (χ2n) is 2.56. The zero-order chi connectivity index (χ0) is 9.52. The number of nitrogens with zero attached hydrogens (tertiary/aromatic N) is 1. The summed E-state index contributed by atoms with van der Waals surface area (Å²) in [6.07, 6.45) is -0.589. The fraction of sp³-hybridized carbons (Fsp3) is 0.500. The molecule has 8 heteroatoms. The van der Waals surface area contributed by atoms with Crippen molar-refractivity contribution in [2.75, 3.05) is 7.05 Å². The Bertz CT molecular complexity index is 265. The third-order valence-corrected chi connectivity index (χ3v) is 2.03. The van der Waals surface area contributed by atoms with Gasteiger partial charge in [0.05, 0.1) is 18.4 Å². The monoisotopic (exact) mass is 217 g/mol. The number of carboxylic acid groups (broad SMARTS) is 2. The Kier molecular flexibility index (Phi) is 6.59. The number of likely N-dealkylation sites (tertiary alicyclic amines) is 1. The van der Waals surface area contributed by atoms with Crippen molar-refractivity contribution in [3.63, 3.8) is 0 Å². The summed E-state index contributed by atoms with van der Waals surface area (Å²) in [4.78, 5) is 31.9. The van der Waals surface area contributed by atoms with Crippen molar-refractivity contribution in [3.05, 3.63) is 0 Å². The van der Waals surface area contributed by atoms with Gasteiger partial charge in [-0.1, -0.05) is 0 Å². The van der Waals surface area contributed by atoms with Crippen LogP contribution in [-0.2, 0) is 14.4 Å². The van der Waals surface area contributed by atoms with Crippen LogP contribution < -0.4 is 69.3 Å². The Morgan fingerprint density at radius 3 is 1.71 bits per heavy atom. The number of rotatable bonds is 2. The summed E-state index contributed by atoms with van der Waals surface area (Å²) in [5, 5.41) is 20.8. The van der Waals surface area contributed by atoms with Crippen LogP contribution in [-0.4, -0.2) is 35.3 Å². The maximum Gasteiger partial charge on any atom is 1.00 e. The molecule has 0 radical (unpaired) electrons. The number of likely N-dealkylation sites (N-methyl/N-ethyl adjacent to an activating group) is 1. The summed E-state index contributed by atoms with van der Waals surface area (Å²) >= 11 is 0. The molecule has 66 valence electrons. The minimum absolute atomic E-state index is 0. The average molecular weight is 217 g/mol. The molecule has 0 atom stereocenters. The van der Waals surface area contributed by atoms with Crippen molar-refractivity contribution in [2.45, 2.75) is 12.0 Å². The summed E-state index contributed by atoms with van der Waals surface area (Å²) in [6, 6.07) is 0. The van der Waals surface area contributed by atoms with Gasteiger partial charge in [-0.2, -0.15) is 0 Å². The largest absolute Gasteiger partial charge is 1.00 e. The summed E-state index contributed by atoms with van der Waals surface area (Å²) in [5.74, 6) is -4.18. The maximum atomic E-state index is 10.6. The predicted molar refractivity (Wildman–Crippen MR) is 30.1 cm³/mol. The van der Waals surface area contributed by atoms with Crippen LogP contribution in [0.15, 0.2) is 0 Å². The number of hydrogen-bond acceptors (Lipinski definition) is 5. The molecule has 0 aromatic rings. The van der Waals surface area contributed by atoms with Crippen molar-refractivity contribution >= 4 is 17.8 Å². The molecule has 1 rings (SSSR count). The fourth-order valence-electron chi connectivity index (χ4n) is 1.08. The van der Waals surface area contributed by atoms with Gasteiger partial charge < -0.3 is 24.7 Å². The third kappa shape index (κ3) is 2.15. The molecule has 14 heavy (non-hydrogen) atoms. The van der Waals surface area contributed by atoms with Crippen molar-refractivity contribution in [3.8, 4) is 0 Å². The fourth-order valence-corrected chi connectivity index (χ4v) is 1.08. The average Bonchev–Trinajstić information content (AvgIpc) is 1.97. The van der Waals surface area contributed by atoms with E-state index in [1.165, 1.54) is 0 Å². The molecule has 1 heterocycles. The first-order valence-electron chi connectivity index (χ1n) is 3.12. The van der Waals surface area contributed by atoms with Crippen molar-refractivity contribution < 1.29 is 83.7 Å². The van der Waals surface area contributed by atoms with Gasteiger partial charge in [0, 0.05) is 7.05 Å². The minimum atomic E-state index is -2.25. The molecule has 1 fully saturated rings. The van der Waals surface area contributed by atoms with Crippen molar-refractivity contribution in [2.24, 2.45) is 0 Å². The SMILES string of the molecule is CN1C(=O)CC1(C(=O)[O-])C(=O)[O-].[Na+].[Na+]. The molecule has 1 aliphatic heterocycles. The van der Waals surface area contributed by atoms with Gasteiger partial charge in [-0.05, 0) is 0 Å². The molecule has 1 aliphatic rings. The normalized spacial score (nSPS) is 17.2. The molecule has 1 saturated heterocycles. The first-order chi connectivity index (χ1) is 5.43. The van der Waals surface area contributed by atoms with E-state index in [4.69, 9.17) is 0 Å². The Hall–Kier alpha value is 0.410. The van der Waals surface area contributed by atoms with Gasteiger partial charge in [0.2, 0.25) is 5.91 Å². The number of carboxylic acids is 2. The molecular weight excluding hydrogens is 212 g/mol. The van der Waals surface area contributed by atoms with E-state index in [-0.39, 0.29) is 59.1 Å². The van der Waals surface area contributed by atoms with Gasteiger partial charge in [0.25, 0.3) is 0 Å². The molecular formula is C6H5NNa2O5. The van der Waals surface area contributed by atoms with E-state index in [2.05, 4.69) is 0 Å². The van der Waals surface area contributed by atoms with E-state index in [1.807, 2.05) is 0 Å². The summed E-state index contributed by atoms with van der Waals surface area (Å²) < 4.78 is 0. The van der Waals surface area contributed by atoms with Crippen molar-refractivity contribution in [1.82, 2.24) is 4.90 Å². The van der Waals surface area contributed by atoms with E-state index in [0.29, 0.717) is 4.90 Å². The van der Waals surface area contributed by atoms with Crippen LogP contribution in [0.2, 0.25) is 0 Å². The second-order valence-corrected chi connectivity index (χ2v) is 2.56. The molecule has 0 N–H and O–H groups in total. The van der Waals surface area contributed by atoms with Gasteiger partial charge in [-0.25, -0.2) is 0 Å². The Balaban J connectivity index is 0. The molecule has 0 bridgehead atoms. The predicted octanol–water partition coefficient (Wildman–Crippen LogP) is -9.90. The van der Waals surface area contributed by atoms with E-state index >= 15 is 0 Å². The second kappa shape index (κ2) is 5.48. The standard InChI is InChI=1S/C6H7NO5.2Na/c1-7-3(8)2-6(7,4(9)10)5(11)12;;/h2H2,1H3,(H,9,10)(H,11,12);;/q;2*+1/p-2. The first-order valence-corrected chi connectivity index (χ1v) is 3.12. The molecule has 1 amide bonds. The zero-order valence-corrected chi connectivity index (χ0v) is 12.2. The number of carbonyl (C=O) groups excluding carboxylic acids is 3. The number of β-lactam (4-membered cyclic amide) rings is 1. The summed E-state index contributed by atoms with van der Waals surface area (Å²) in [6.45, 7) is 0. The van der Waals surface area contributed by atoms with Crippen LogP contribution in [0, 0.1) is 0 Å². The molecule has 0 unspecified atom stereocenters. The number of aliphatic carboxylic acids is 2. The number of hydrogen-bond donors (Lipinski definition) is 0. The van der Waals surface area contributed by atoms with Crippen LogP contribution in [0.5, 0.6) is 0 Å². The van der Waals surface area contributed by atoms with E-state index in [9.17, 15) is 24.6 Å². The van der Waals surface area contributed by atoms with Crippen LogP contribution in [0.1, 0.15) is 6.42 Å². The number of carbonyl (C=O) groups is 3. The topological polar surface area (TPSA) is 101 Å². The maximum absolute atomic E-state index is 10.6. The summed E-state index contributed by atoms with van der Waals surface area (Å²) in [7, 11) is 1.08. The van der Waals surface area contributed by atoms with Gasteiger partial charge in [0.1, 0.15) is 5.54 Å². The van der Waals surface area contributed by atoms with Crippen LogP contribution in [0.3, 0.4) is 0 Å². The molecule has 6 nitrogen and oxygen atoms in total. The smallest absolute Gasteiger partial charge is 0.547 e. The van der Waals surface area contributed by atoms with Crippen LogP contribution in [0.25, 0.3) is 0 Å². The van der Waals surface area contributed by atoms with E-state index < -0.39 is 29.8 Å². The molecule has 0 aliphatic carbocycles. The third-order valence-electron chi connectivity index (χ3n) is 2.03. The molecule has 0 spiro atoms.